The number of rotatable bonds is 3. The van der Waals surface area contributed by atoms with Gasteiger partial charge in [0.05, 0.1) is 10.2 Å². The van der Waals surface area contributed by atoms with Gasteiger partial charge in [0.2, 0.25) is 0 Å². The monoisotopic (exact) mass is 344 g/mol. The van der Waals surface area contributed by atoms with Crippen LogP contribution in [0.3, 0.4) is 0 Å². The SMILES string of the molecule is C=CCn1c(=NC(=O)c2ccc(C)cc2)sc2cc(F)cc(F)c21. The minimum Gasteiger partial charge on any atom is -0.310 e. The van der Waals surface area contributed by atoms with E-state index in [9.17, 15) is 13.6 Å². The molecule has 3 nitrogen and oxygen atoms in total. The summed E-state index contributed by atoms with van der Waals surface area (Å²) in [5.41, 5.74) is 1.69. The molecule has 0 atom stereocenters. The van der Waals surface area contributed by atoms with E-state index in [-0.39, 0.29) is 12.1 Å². The lowest BCUT2D eigenvalue weighted by molar-refractivity contribution is 0.0998. The van der Waals surface area contributed by atoms with E-state index in [1.165, 1.54) is 10.6 Å². The lowest BCUT2D eigenvalue weighted by atomic mass is 10.1. The van der Waals surface area contributed by atoms with Crippen molar-refractivity contribution in [1.29, 1.82) is 0 Å². The highest BCUT2D eigenvalue weighted by molar-refractivity contribution is 7.16. The van der Waals surface area contributed by atoms with Crippen molar-refractivity contribution in [3.05, 3.63) is 76.6 Å². The number of amides is 1. The molecule has 1 aromatic heterocycles. The Labute approximate surface area is 141 Å². The molecular weight excluding hydrogens is 330 g/mol. The largest absolute Gasteiger partial charge is 0.310 e. The average molecular weight is 344 g/mol. The van der Waals surface area contributed by atoms with Crippen LogP contribution in [0.25, 0.3) is 10.2 Å². The number of benzene rings is 2. The van der Waals surface area contributed by atoms with Crippen molar-refractivity contribution in [2.75, 3.05) is 0 Å². The van der Waals surface area contributed by atoms with Crippen molar-refractivity contribution in [2.45, 2.75) is 13.5 Å². The fraction of sp³-hybridized carbons (Fsp3) is 0.111. The number of aryl methyl sites for hydroxylation is 1. The summed E-state index contributed by atoms with van der Waals surface area (Å²) in [6.45, 7) is 5.83. The molecule has 0 spiro atoms. The van der Waals surface area contributed by atoms with Crippen LogP contribution >= 0.6 is 11.3 Å². The first-order valence-electron chi connectivity index (χ1n) is 7.24. The Bertz CT molecular complexity index is 1000. The predicted octanol–water partition coefficient (Wildman–Crippen LogP) is 4.22. The maximum absolute atomic E-state index is 14.1. The number of aromatic nitrogens is 1. The molecule has 6 heteroatoms. The van der Waals surface area contributed by atoms with E-state index in [0.29, 0.717) is 15.1 Å². The maximum atomic E-state index is 14.1. The molecule has 0 aliphatic heterocycles. The minimum atomic E-state index is -0.688. The van der Waals surface area contributed by atoms with Crippen LogP contribution in [0.15, 0.2) is 54.0 Å². The van der Waals surface area contributed by atoms with Crippen LogP contribution in [0.2, 0.25) is 0 Å². The van der Waals surface area contributed by atoms with E-state index in [4.69, 9.17) is 0 Å². The summed E-state index contributed by atoms with van der Waals surface area (Å²) in [5.74, 6) is -1.78. The van der Waals surface area contributed by atoms with Gasteiger partial charge in [-0.2, -0.15) is 4.99 Å². The minimum absolute atomic E-state index is 0.219. The van der Waals surface area contributed by atoms with Crippen molar-refractivity contribution in [3.8, 4) is 0 Å². The number of hydrogen-bond acceptors (Lipinski definition) is 2. The quantitative estimate of drug-likeness (QED) is 0.655. The molecule has 0 bridgehead atoms. The number of allylic oxidation sites excluding steroid dienone is 1. The summed E-state index contributed by atoms with van der Waals surface area (Å²) >= 11 is 1.07. The second-order valence-electron chi connectivity index (χ2n) is 5.30. The Kier molecular flexibility index (Phi) is 4.40. The molecule has 24 heavy (non-hydrogen) atoms. The van der Waals surface area contributed by atoms with Crippen molar-refractivity contribution in [2.24, 2.45) is 4.99 Å². The Morgan fingerprint density at radius 3 is 2.67 bits per heavy atom. The highest BCUT2D eigenvalue weighted by Gasteiger charge is 2.13. The maximum Gasteiger partial charge on any atom is 0.279 e. The van der Waals surface area contributed by atoms with Crippen LogP contribution in [0, 0.1) is 18.6 Å². The van der Waals surface area contributed by atoms with Gasteiger partial charge in [0.1, 0.15) is 5.82 Å². The molecule has 1 amide bonds. The van der Waals surface area contributed by atoms with Crippen LogP contribution < -0.4 is 4.80 Å². The lowest BCUT2D eigenvalue weighted by Gasteiger charge is -2.02. The molecule has 2 aromatic carbocycles. The van der Waals surface area contributed by atoms with Gasteiger partial charge in [-0.25, -0.2) is 8.78 Å². The Hall–Kier alpha value is -2.60. The van der Waals surface area contributed by atoms with Crippen molar-refractivity contribution in [1.82, 2.24) is 4.57 Å². The van der Waals surface area contributed by atoms with E-state index in [0.717, 1.165) is 23.0 Å². The second-order valence-corrected chi connectivity index (χ2v) is 6.31. The van der Waals surface area contributed by atoms with Gasteiger partial charge in [-0.15, -0.1) is 6.58 Å². The van der Waals surface area contributed by atoms with Gasteiger partial charge in [-0.05, 0) is 25.1 Å². The molecule has 0 unspecified atom stereocenters. The highest BCUT2D eigenvalue weighted by atomic mass is 32.1. The van der Waals surface area contributed by atoms with E-state index >= 15 is 0 Å². The van der Waals surface area contributed by atoms with Crippen molar-refractivity contribution in [3.63, 3.8) is 0 Å². The van der Waals surface area contributed by atoms with Crippen LogP contribution in [0.4, 0.5) is 8.78 Å². The summed E-state index contributed by atoms with van der Waals surface area (Å²) in [5, 5.41) is 0. The average Bonchev–Trinajstić information content (AvgIpc) is 2.85. The number of thiazole rings is 1. The zero-order chi connectivity index (χ0) is 17.3. The first-order valence-corrected chi connectivity index (χ1v) is 8.06. The van der Waals surface area contributed by atoms with Gasteiger partial charge in [0, 0.05) is 18.2 Å². The van der Waals surface area contributed by atoms with Crippen LogP contribution in [0.5, 0.6) is 0 Å². The van der Waals surface area contributed by atoms with Crippen molar-refractivity contribution >= 4 is 27.5 Å². The van der Waals surface area contributed by atoms with Crippen LogP contribution in [0.1, 0.15) is 15.9 Å². The standard InChI is InChI=1S/C18H14F2N2OS/c1-3-8-22-16-14(20)9-13(19)10-15(16)24-18(22)21-17(23)12-6-4-11(2)5-7-12/h3-7,9-10H,1,8H2,2H3. The second kappa shape index (κ2) is 6.49. The first kappa shape index (κ1) is 16.3. The number of carbonyl (C=O) groups excluding carboxylic acids is 1. The topological polar surface area (TPSA) is 34.4 Å². The normalized spacial score (nSPS) is 11.9. The van der Waals surface area contributed by atoms with Gasteiger partial charge in [0.15, 0.2) is 10.6 Å². The molecule has 0 fully saturated rings. The highest BCUT2D eigenvalue weighted by Crippen LogP contribution is 2.22. The van der Waals surface area contributed by atoms with Gasteiger partial charge in [0.25, 0.3) is 5.91 Å². The number of carbonyl (C=O) groups is 1. The summed E-state index contributed by atoms with van der Waals surface area (Å²) < 4.78 is 29.5. The Balaban J connectivity index is 2.19. The molecule has 3 aromatic rings. The fourth-order valence-electron chi connectivity index (χ4n) is 2.36. The molecule has 0 aliphatic carbocycles. The smallest absolute Gasteiger partial charge is 0.279 e. The molecule has 0 saturated carbocycles. The third-order valence-electron chi connectivity index (χ3n) is 3.50. The molecular formula is C18H14F2N2OS. The molecule has 0 aliphatic rings. The molecule has 1 heterocycles. The number of halogens is 2. The zero-order valence-corrected chi connectivity index (χ0v) is 13.7. The molecule has 3 rings (SSSR count). The first-order chi connectivity index (χ1) is 11.5. The van der Waals surface area contributed by atoms with E-state index in [1.807, 2.05) is 19.1 Å². The number of fused-ring (bicyclic) bond motifs is 1. The van der Waals surface area contributed by atoms with Gasteiger partial charge < -0.3 is 4.57 Å². The molecule has 0 N–H and O–H groups in total. The third-order valence-corrected chi connectivity index (χ3v) is 4.53. The third kappa shape index (κ3) is 3.05. The lowest BCUT2D eigenvalue weighted by Crippen LogP contribution is -2.16. The summed E-state index contributed by atoms with van der Waals surface area (Å²) in [6, 6.07) is 9.07. The molecule has 0 saturated heterocycles. The van der Waals surface area contributed by atoms with Crippen LogP contribution in [-0.2, 0) is 6.54 Å². The number of nitrogens with zero attached hydrogens (tertiary/aromatic N) is 2. The Morgan fingerprint density at radius 1 is 1.29 bits per heavy atom. The van der Waals surface area contributed by atoms with Crippen LogP contribution in [-0.4, -0.2) is 10.5 Å². The summed E-state index contributed by atoms with van der Waals surface area (Å²) in [4.78, 5) is 16.7. The summed E-state index contributed by atoms with van der Waals surface area (Å²) in [7, 11) is 0. The van der Waals surface area contributed by atoms with Gasteiger partial charge in [-0.3, -0.25) is 4.79 Å². The predicted molar refractivity (Wildman–Crippen MR) is 91.0 cm³/mol. The number of hydrogen-bond donors (Lipinski definition) is 0. The van der Waals surface area contributed by atoms with Gasteiger partial charge >= 0.3 is 0 Å². The van der Waals surface area contributed by atoms with E-state index in [2.05, 4.69) is 11.6 Å². The van der Waals surface area contributed by atoms with Crippen molar-refractivity contribution < 1.29 is 13.6 Å². The fourth-order valence-corrected chi connectivity index (χ4v) is 3.44. The van der Waals surface area contributed by atoms with E-state index < -0.39 is 17.5 Å². The Morgan fingerprint density at radius 2 is 2.00 bits per heavy atom. The zero-order valence-electron chi connectivity index (χ0n) is 12.9. The molecule has 122 valence electrons. The van der Waals surface area contributed by atoms with Gasteiger partial charge in [-0.1, -0.05) is 35.1 Å². The van der Waals surface area contributed by atoms with E-state index in [1.54, 1.807) is 18.2 Å². The molecule has 0 radical (unpaired) electrons. The summed E-state index contributed by atoms with van der Waals surface area (Å²) in [6.07, 6.45) is 1.57.